The van der Waals surface area contributed by atoms with E-state index in [-0.39, 0.29) is 17.2 Å². The lowest BCUT2D eigenvalue weighted by molar-refractivity contribution is -0.384. The quantitative estimate of drug-likeness (QED) is 0.245. The molecule has 0 aliphatic heterocycles. The molecule has 0 saturated carbocycles. The number of carbonyl (C=O) groups excluding carboxylic acids is 1. The molecule has 0 amide bonds. The lowest BCUT2D eigenvalue weighted by Crippen LogP contribution is -2.02. The Kier molecular flexibility index (Phi) is 5.47. The summed E-state index contributed by atoms with van der Waals surface area (Å²) in [5.74, 6) is 0.133. The average molecular weight is 391 g/mol. The van der Waals surface area contributed by atoms with Crippen molar-refractivity contribution in [1.82, 2.24) is 4.98 Å². The van der Waals surface area contributed by atoms with Gasteiger partial charge in [0.15, 0.2) is 10.1 Å². The maximum Gasteiger partial charge on any atom is 0.269 e. The Labute approximate surface area is 156 Å². The van der Waals surface area contributed by atoms with Crippen LogP contribution in [-0.4, -0.2) is 21.4 Å². The normalized spacial score (nSPS) is 10.6. The summed E-state index contributed by atoms with van der Waals surface area (Å²) in [6.45, 7) is 0. The van der Waals surface area contributed by atoms with Crippen LogP contribution in [0.15, 0.2) is 58.3 Å². The number of Topliss-reactive ketones (excluding diaryl/α,β-unsaturated/α-hetero) is 1. The van der Waals surface area contributed by atoms with Crippen molar-refractivity contribution in [3.63, 3.8) is 0 Å². The van der Waals surface area contributed by atoms with Gasteiger partial charge in [0, 0.05) is 33.7 Å². The molecule has 5 nitrogen and oxygen atoms in total. The summed E-state index contributed by atoms with van der Waals surface area (Å²) >= 11 is 8.70. The fraction of sp³-hybridized carbons (Fsp3) is 0.0588. The highest BCUT2D eigenvalue weighted by atomic mass is 35.5. The molecule has 0 aliphatic rings. The van der Waals surface area contributed by atoms with E-state index >= 15 is 0 Å². The van der Waals surface area contributed by atoms with E-state index in [1.807, 2.05) is 17.5 Å². The number of nitro benzene ring substituents is 1. The number of nitro groups is 1. The van der Waals surface area contributed by atoms with Gasteiger partial charge in [-0.05, 0) is 24.3 Å². The largest absolute Gasteiger partial charge is 0.293 e. The molecule has 0 fully saturated rings. The van der Waals surface area contributed by atoms with Gasteiger partial charge in [-0.3, -0.25) is 14.9 Å². The van der Waals surface area contributed by atoms with E-state index in [1.54, 1.807) is 12.1 Å². The van der Waals surface area contributed by atoms with Crippen LogP contribution in [0.25, 0.3) is 11.3 Å². The summed E-state index contributed by atoms with van der Waals surface area (Å²) in [6, 6.07) is 13.0. The maximum absolute atomic E-state index is 12.2. The van der Waals surface area contributed by atoms with Gasteiger partial charge in [-0.25, -0.2) is 4.98 Å². The molecule has 0 unspecified atom stereocenters. The van der Waals surface area contributed by atoms with Crippen molar-refractivity contribution in [3.8, 4) is 11.3 Å². The molecule has 1 heterocycles. The first-order chi connectivity index (χ1) is 12.0. The number of halogens is 1. The SMILES string of the molecule is O=C(CSc1nc(-c2ccc(Cl)cc2)cs1)c1ccc([N+](=O)[O-])cc1. The molecule has 0 N–H and O–H groups in total. The molecule has 8 heteroatoms. The first kappa shape index (κ1) is 17.6. The molecule has 126 valence electrons. The van der Waals surface area contributed by atoms with Gasteiger partial charge in [0.2, 0.25) is 0 Å². The Hall–Kier alpha value is -2.22. The minimum absolute atomic E-state index is 0.0308. The fourth-order valence-electron chi connectivity index (χ4n) is 2.06. The second-order valence-corrected chi connectivity index (χ2v) is 7.54. The molecular formula is C17H11ClN2O3S2. The summed E-state index contributed by atoms with van der Waals surface area (Å²) in [5.41, 5.74) is 2.23. The van der Waals surface area contributed by atoms with Crippen LogP contribution >= 0.6 is 34.7 Å². The average Bonchev–Trinajstić information content (AvgIpc) is 3.09. The van der Waals surface area contributed by atoms with Gasteiger partial charge in [-0.15, -0.1) is 11.3 Å². The van der Waals surface area contributed by atoms with Crippen LogP contribution in [-0.2, 0) is 0 Å². The molecule has 0 bridgehead atoms. The number of ketones is 1. The maximum atomic E-state index is 12.2. The van der Waals surface area contributed by atoms with E-state index in [2.05, 4.69) is 4.98 Å². The Morgan fingerprint density at radius 3 is 2.48 bits per heavy atom. The molecule has 2 aromatic carbocycles. The monoisotopic (exact) mass is 390 g/mol. The van der Waals surface area contributed by atoms with E-state index in [0.717, 1.165) is 15.6 Å². The predicted octanol–water partition coefficient (Wildman–Crippen LogP) is 5.35. The van der Waals surface area contributed by atoms with Crippen molar-refractivity contribution in [2.24, 2.45) is 0 Å². The van der Waals surface area contributed by atoms with Crippen molar-refractivity contribution in [2.45, 2.75) is 4.34 Å². The molecule has 1 aromatic heterocycles. The summed E-state index contributed by atoms with van der Waals surface area (Å²) in [5, 5.41) is 13.2. The van der Waals surface area contributed by atoms with Crippen LogP contribution in [0.5, 0.6) is 0 Å². The Bertz CT molecular complexity index is 908. The molecule has 0 spiro atoms. The predicted molar refractivity (Wildman–Crippen MR) is 101 cm³/mol. The topological polar surface area (TPSA) is 73.1 Å². The molecule has 0 aliphatic carbocycles. The number of rotatable bonds is 6. The first-order valence-corrected chi connectivity index (χ1v) is 9.39. The Balaban J connectivity index is 1.62. The van der Waals surface area contributed by atoms with Crippen molar-refractivity contribution in [2.75, 3.05) is 5.75 Å². The summed E-state index contributed by atoms with van der Waals surface area (Å²) in [4.78, 5) is 26.8. The summed E-state index contributed by atoms with van der Waals surface area (Å²) in [7, 11) is 0. The second-order valence-electron chi connectivity index (χ2n) is 5.02. The Morgan fingerprint density at radius 1 is 1.16 bits per heavy atom. The minimum atomic E-state index is -0.489. The van der Waals surface area contributed by atoms with Crippen LogP contribution in [0.3, 0.4) is 0 Å². The molecule has 3 rings (SSSR count). The van der Waals surface area contributed by atoms with E-state index in [1.165, 1.54) is 47.4 Å². The number of carbonyl (C=O) groups is 1. The van der Waals surface area contributed by atoms with Crippen LogP contribution < -0.4 is 0 Å². The van der Waals surface area contributed by atoms with E-state index < -0.39 is 4.92 Å². The van der Waals surface area contributed by atoms with Gasteiger partial charge < -0.3 is 0 Å². The number of non-ortho nitro benzene ring substituents is 1. The number of aromatic nitrogens is 1. The Morgan fingerprint density at radius 2 is 1.84 bits per heavy atom. The van der Waals surface area contributed by atoms with Crippen molar-refractivity contribution >= 4 is 46.2 Å². The van der Waals surface area contributed by atoms with Gasteiger partial charge in [0.25, 0.3) is 5.69 Å². The third kappa shape index (κ3) is 4.45. The number of thioether (sulfide) groups is 1. The van der Waals surface area contributed by atoms with E-state index in [0.29, 0.717) is 10.6 Å². The number of benzene rings is 2. The molecule has 0 radical (unpaired) electrons. The van der Waals surface area contributed by atoms with Gasteiger partial charge in [0.05, 0.1) is 16.4 Å². The van der Waals surface area contributed by atoms with E-state index in [4.69, 9.17) is 11.6 Å². The van der Waals surface area contributed by atoms with Crippen LogP contribution in [0.4, 0.5) is 5.69 Å². The van der Waals surface area contributed by atoms with Gasteiger partial charge >= 0.3 is 0 Å². The minimum Gasteiger partial charge on any atom is -0.293 e. The van der Waals surface area contributed by atoms with Gasteiger partial charge in [-0.2, -0.15) is 0 Å². The molecule has 0 atom stereocenters. The first-order valence-electron chi connectivity index (χ1n) is 7.15. The standard InChI is InChI=1S/C17H11ClN2O3S2/c18-13-5-1-11(2-6-13)15-9-24-17(19-15)25-10-16(21)12-3-7-14(8-4-12)20(22)23/h1-9H,10H2. The third-order valence-corrected chi connectivity index (χ3v) is 5.62. The number of hydrogen-bond donors (Lipinski definition) is 0. The highest BCUT2D eigenvalue weighted by molar-refractivity contribution is 8.01. The van der Waals surface area contributed by atoms with E-state index in [9.17, 15) is 14.9 Å². The van der Waals surface area contributed by atoms with Crippen molar-refractivity contribution in [3.05, 3.63) is 74.6 Å². The van der Waals surface area contributed by atoms with Gasteiger partial charge in [-0.1, -0.05) is 35.5 Å². The highest BCUT2D eigenvalue weighted by Gasteiger charge is 2.12. The van der Waals surface area contributed by atoms with Crippen molar-refractivity contribution in [1.29, 1.82) is 0 Å². The number of thiazole rings is 1. The highest BCUT2D eigenvalue weighted by Crippen LogP contribution is 2.29. The summed E-state index contributed by atoms with van der Waals surface area (Å²) < 4.78 is 0.792. The lowest BCUT2D eigenvalue weighted by Gasteiger charge is -1.99. The smallest absolute Gasteiger partial charge is 0.269 e. The third-order valence-electron chi connectivity index (χ3n) is 3.35. The molecule has 0 saturated heterocycles. The van der Waals surface area contributed by atoms with Crippen LogP contribution in [0.1, 0.15) is 10.4 Å². The molecule has 25 heavy (non-hydrogen) atoms. The zero-order chi connectivity index (χ0) is 17.8. The fourth-order valence-corrected chi connectivity index (χ4v) is 3.91. The zero-order valence-corrected chi connectivity index (χ0v) is 15.1. The number of nitrogens with zero attached hydrogens (tertiary/aromatic N) is 2. The molecule has 3 aromatic rings. The summed E-state index contributed by atoms with van der Waals surface area (Å²) in [6.07, 6.45) is 0. The number of hydrogen-bond acceptors (Lipinski definition) is 6. The van der Waals surface area contributed by atoms with Crippen molar-refractivity contribution < 1.29 is 9.72 Å². The van der Waals surface area contributed by atoms with Crippen LogP contribution in [0.2, 0.25) is 5.02 Å². The molecular weight excluding hydrogens is 380 g/mol. The van der Waals surface area contributed by atoms with Gasteiger partial charge in [0.1, 0.15) is 0 Å². The second kappa shape index (κ2) is 7.77. The lowest BCUT2D eigenvalue weighted by atomic mass is 10.1. The zero-order valence-electron chi connectivity index (χ0n) is 12.7. The van der Waals surface area contributed by atoms with Crippen LogP contribution in [0, 0.1) is 10.1 Å².